The summed E-state index contributed by atoms with van der Waals surface area (Å²) < 4.78 is 24.9. The van der Waals surface area contributed by atoms with Crippen LogP contribution in [-0.2, 0) is 14.0 Å². The highest BCUT2D eigenvalue weighted by atomic mass is 35.5. The number of fused-ring (bicyclic) bond motifs is 1. The molecule has 2 aromatic rings. The van der Waals surface area contributed by atoms with Crippen molar-refractivity contribution in [2.45, 2.75) is 68.0 Å². The number of hydrogen-bond donors (Lipinski definition) is 9. The molecule has 5 rings (SSSR count). The largest absolute Gasteiger partial charge is 0.393 e. The van der Waals surface area contributed by atoms with Gasteiger partial charge in [0.2, 0.25) is 5.28 Å². The highest BCUT2D eigenvalue weighted by Crippen LogP contribution is 2.53. The fourth-order valence-corrected chi connectivity index (χ4v) is 5.71. The zero-order valence-electron chi connectivity index (χ0n) is 19.9. The van der Waals surface area contributed by atoms with Crippen LogP contribution in [0.4, 0.5) is 5.82 Å². The highest BCUT2D eigenvalue weighted by Gasteiger charge is 2.52. The van der Waals surface area contributed by atoms with E-state index in [0.717, 1.165) is 25.7 Å². The standard InChI is InChI=1S/C19H29ClN9O8P/c20-18-23-15(22-9-3-1-2-4-9)10-6-21-29(16(10)24-18)17-14(32)13(31)11(37-17)7-36-19(8-30,38(33,34)35)5-12-25-27-28-26-12/h6,9,11,13-14,17,27-28,30-32H,1-5,7-8H2,(H,25,26)(H,22,23,24)(H2,33,34,35). The summed E-state index contributed by atoms with van der Waals surface area (Å²) in [5.74, 6) is 0.558. The van der Waals surface area contributed by atoms with Crippen molar-refractivity contribution in [3.63, 3.8) is 0 Å². The first-order valence-electron chi connectivity index (χ1n) is 11.9. The van der Waals surface area contributed by atoms with E-state index in [0.29, 0.717) is 11.2 Å². The van der Waals surface area contributed by atoms with Crippen molar-refractivity contribution in [2.24, 2.45) is 5.10 Å². The second kappa shape index (κ2) is 10.8. The van der Waals surface area contributed by atoms with Crippen LogP contribution in [-0.4, -0.2) is 93.6 Å². The van der Waals surface area contributed by atoms with Crippen molar-refractivity contribution in [1.29, 1.82) is 0 Å². The summed E-state index contributed by atoms with van der Waals surface area (Å²) >= 11 is 6.17. The Balaban J connectivity index is 1.35. The van der Waals surface area contributed by atoms with Crippen molar-refractivity contribution in [2.75, 3.05) is 18.5 Å². The van der Waals surface area contributed by atoms with Crippen molar-refractivity contribution in [3.8, 4) is 0 Å². The second-order valence-corrected chi connectivity index (χ2v) is 11.6. The monoisotopic (exact) mass is 577 g/mol. The zero-order chi connectivity index (χ0) is 27.1. The van der Waals surface area contributed by atoms with Crippen LogP contribution in [0.2, 0.25) is 5.28 Å². The van der Waals surface area contributed by atoms with Crippen LogP contribution in [0.15, 0.2) is 11.3 Å². The lowest BCUT2D eigenvalue weighted by atomic mass is 10.1. The minimum absolute atomic E-state index is 0.0468. The molecule has 3 aliphatic rings. The zero-order valence-corrected chi connectivity index (χ0v) is 21.6. The fraction of sp³-hybridized carbons (Fsp3) is 0.684. The molecule has 0 spiro atoms. The number of hydrazine groups is 2. The normalized spacial score (nSPS) is 27.8. The molecule has 9 N–H and O–H groups in total. The van der Waals surface area contributed by atoms with E-state index in [2.05, 4.69) is 42.0 Å². The van der Waals surface area contributed by atoms with Crippen LogP contribution >= 0.6 is 19.2 Å². The van der Waals surface area contributed by atoms with E-state index in [1.807, 2.05) is 0 Å². The van der Waals surface area contributed by atoms with Gasteiger partial charge in [-0.2, -0.15) is 15.1 Å². The first-order chi connectivity index (χ1) is 18.1. The van der Waals surface area contributed by atoms with E-state index in [1.54, 1.807) is 0 Å². The van der Waals surface area contributed by atoms with Crippen molar-refractivity contribution >= 4 is 41.9 Å². The number of halogens is 1. The smallest absolute Gasteiger partial charge is 0.359 e. The molecule has 5 atom stereocenters. The SMILES string of the molecule is O=P(O)(O)C(CO)(CC1=NNNN1)OCC1OC(n2ncc3c(NC4CCCC4)nc(Cl)nc32)C(O)C1O. The molecule has 0 amide bonds. The molecular weight excluding hydrogens is 549 g/mol. The van der Waals surface area contributed by atoms with Gasteiger partial charge in [0.15, 0.2) is 17.2 Å². The Hall–Kier alpha value is -2.18. The van der Waals surface area contributed by atoms with Gasteiger partial charge < -0.3 is 39.9 Å². The van der Waals surface area contributed by atoms with E-state index in [1.165, 1.54) is 10.9 Å². The maximum atomic E-state index is 12.3. The number of aliphatic hydroxyl groups excluding tert-OH is 3. The average molecular weight is 578 g/mol. The Bertz CT molecular complexity index is 1240. The van der Waals surface area contributed by atoms with Crippen molar-refractivity contribution in [3.05, 3.63) is 11.5 Å². The predicted octanol–water partition coefficient (Wildman–Crippen LogP) is -1.35. The molecule has 0 radical (unpaired) electrons. The molecule has 0 aromatic carbocycles. The van der Waals surface area contributed by atoms with Crippen LogP contribution in [0, 0.1) is 0 Å². The van der Waals surface area contributed by atoms with Gasteiger partial charge in [0.25, 0.3) is 0 Å². The van der Waals surface area contributed by atoms with Crippen LogP contribution < -0.4 is 21.8 Å². The minimum Gasteiger partial charge on any atom is -0.393 e. The van der Waals surface area contributed by atoms with Gasteiger partial charge in [-0.05, 0) is 24.4 Å². The van der Waals surface area contributed by atoms with Gasteiger partial charge in [-0.1, -0.05) is 12.8 Å². The third-order valence-electron chi connectivity index (χ3n) is 6.89. The average Bonchev–Trinajstić information content (AvgIpc) is 3.67. The summed E-state index contributed by atoms with van der Waals surface area (Å²) in [4.78, 5) is 28.4. The Labute approximate surface area is 220 Å². The summed E-state index contributed by atoms with van der Waals surface area (Å²) in [6, 6.07) is 0.238. The van der Waals surface area contributed by atoms with Crippen molar-refractivity contribution < 1.29 is 39.1 Å². The van der Waals surface area contributed by atoms with Gasteiger partial charge in [0.05, 0.1) is 31.2 Å². The number of nitrogens with one attached hydrogen (secondary N) is 4. The maximum Gasteiger partial charge on any atom is 0.359 e. The van der Waals surface area contributed by atoms with Gasteiger partial charge in [-0.3, -0.25) is 9.99 Å². The first kappa shape index (κ1) is 27.4. The summed E-state index contributed by atoms with van der Waals surface area (Å²) in [6.07, 6.45) is -0.280. The lowest BCUT2D eigenvalue weighted by Crippen LogP contribution is -2.45. The van der Waals surface area contributed by atoms with Gasteiger partial charge in [-0.25, -0.2) is 10.2 Å². The number of hydrogen-bond acceptors (Lipinski definition) is 14. The van der Waals surface area contributed by atoms with Crippen LogP contribution in [0.3, 0.4) is 0 Å². The number of aromatic nitrogens is 4. The number of rotatable bonds is 10. The van der Waals surface area contributed by atoms with E-state index in [4.69, 9.17) is 21.1 Å². The highest BCUT2D eigenvalue weighted by molar-refractivity contribution is 7.53. The quantitative estimate of drug-likeness (QED) is 0.117. The van der Waals surface area contributed by atoms with Crippen LogP contribution in [0.5, 0.6) is 0 Å². The number of hydrazone groups is 1. The lowest BCUT2D eigenvalue weighted by molar-refractivity contribution is -0.107. The molecule has 38 heavy (non-hydrogen) atoms. The number of ether oxygens (including phenoxy) is 2. The fourth-order valence-electron chi connectivity index (χ4n) is 4.77. The second-order valence-electron chi connectivity index (χ2n) is 9.40. The number of aliphatic hydroxyl groups is 3. The molecule has 210 valence electrons. The Kier molecular flexibility index (Phi) is 7.76. The number of anilines is 1. The van der Waals surface area contributed by atoms with Crippen molar-refractivity contribution in [1.82, 2.24) is 36.2 Å². The van der Waals surface area contributed by atoms with E-state index >= 15 is 0 Å². The molecule has 1 saturated heterocycles. The topological polar surface area (TPSA) is 241 Å². The molecular formula is C19H29ClN9O8P. The van der Waals surface area contributed by atoms with Gasteiger partial charge in [-0.15, -0.1) is 10.6 Å². The van der Waals surface area contributed by atoms with Crippen LogP contribution in [0.1, 0.15) is 38.3 Å². The lowest BCUT2D eigenvalue weighted by Gasteiger charge is -2.33. The molecule has 19 heteroatoms. The first-order valence-corrected chi connectivity index (χ1v) is 13.9. The summed E-state index contributed by atoms with van der Waals surface area (Å²) in [7, 11) is -5.08. The van der Waals surface area contributed by atoms with Gasteiger partial charge in [0, 0.05) is 6.04 Å². The maximum absolute atomic E-state index is 12.3. The third kappa shape index (κ3) is 5.19. The molecule has 17 nitrogen and oxygen atoms in total. The van der Waals surface area contributed by atoms with E-state index in [-0.39, 0.29) is 22.8 Å². The molecule has 5 unspecified atom stereocenters. The molecule has 1 aliphatic carbocycles. The molecule has 0 bridgehead atoms. The summed E-state index contributed by atoms with van der Waals surface area (Å²) in [5, 5.41) is 40.9. The molecule has 2 aliphatic heterocycles. The summed E-state index contributed by atoms with van der Waals surface area (Å²) in [6.45, 7) is -1.65. The summed E-state index contributed by atoms with van der Waals surface area (Å²) in [5.41, 5.74) is 7.56. The van der Waals surface area contributed by atoms with Crippen LogP contribution in [0.25, 0.3) is 11.0 Å². The molecule has 1 saturated carbocycles. The minimum atomic E-state index is -5.08. The molecule has 2 aromatic heterocycles. The van der Waals surface area contributed by atoms with E-state index < -0.39 is 57.1 Å². The molecule has 4 heterocycles. The number of nitrogens with zero attached hydrogens (tertiary/aromatic N) is 5. The Morgan fingerprint density at radius 2 is 2.03 bits per heavy atom. The predicted molar refractivity (Wildman–Crippen MR) is 131 cm³/mol. The van der Waals surface area contributed by atoms with E-state index in [9.17, 15) is 29.7 Å². The number of amidine groups is 1. The van der Waals surface area contributed by atoms with Gasteiger partial charge in [0.1, 0.15) is 30.0 Å². The Morgan fingerprint density at radius 1 is 1.26 bits per heavy atom. The third-order valence-corrected chi connectivity index (χ3v) is 8.55. The molecule has 2 fully saturated rings. The van der Waals surface area contributed by atoms with Gasteiger partial charge >= 0.3 is 7.60 Å². The Morgan fingerprint density at radius 3 is 2.68 bits per heavy atom.